The average Bonchev–Trinajstić information content (AvgIpc) is 2.96. The Balaban J connectivity index is 1.80. The van der Waals surface area contributed by atoms with Gasteiger partial charge in [-0.15, -0.1) is 0 Å². The van der Waals surface area contributed by atoms with Crippen LogP contribution in [0.2, 0.25) is 0 Å². The van der Waals surface area contributed by atoms with Crippen molar-refractivity contribution < 1.29 is 19.1 Å². The van der Waals surface area contributed by atoms with E-state index < -0.39 is 11.2 Å². The monoisotopic (exact) mass is 374 g/mol. The highest BCUT2D eigenvalue weighted by Crippen LogP contribution is 2.67. The number of allylic oxidation sites excluding steroid dienone is 1. The highest BCUT2D eigenvalue weighted by Gasteiger charge is 2.66. The lowest BCUT2D eigenvalue weighted by molar-refractivity contribution is -0.289. The van der Waals surface area contributed by atoms with Gasteiger partial charge in [-0.3, -0.25) is 9.59 Å². The number of hydrogen-bond acceptors (Lipinski definition) is 4. The van der Waals surface area contributed by atoms with Crippen molar-refractivity contribution >= 4 is 11.9 Å². The molecule has 0 spiro atoms. The number of fused-ring (bicyclic) bond motifs is 5. The van der Waals surface area contributed by atoms with E-state index in [1.165, 1.54) is 45.1 Å². The van der Waals surface area contributed by atoms with Crippen LogP contribution in [0.5, 0.6) is 0 Å². The second-order valence-corrected chi connectivity index (χ2v) is 9.92. The van der Waals surface area contributed by atoms with Crippen molar-refractivity contribution in [3.8, 4) is 0 Å². The van der Waals surface area contributed by atoms with Gasteiger partial charge >= 0.3 is 11.9 Å². The summed E-state index contributed by atoms with van der Waals surface area (Å²) >= 11 is 0. The van der Waals surface area contributed by atoms with Crippen molar-refractivity contribution in [3.63, 3.8) is 0 Å². The molecule has 0 aromatic carbocycles. The van der Waals surface area contributed by atoms with E-state index >= 15 is 0 Å². The zero-order chi connectivity index (χ0) is 19.4. The molecule has 5 atom stereocenters. The average molecular weight is 375 g/mol. The molecule has 150 valence electrons. The molecule has 4 aliphatic carbocycles. The molecular formula is C23H34O4. The number of hydrogen-bond donors (Lipinski definition) is 0. The van der Waals surface area contributed by atoms with Gasteiger partial charge in [0.2, 0.25) is 0 Å². The van der Waals surface area contributed by atoms with E-state index in [9.17, 15) is 9.59 Å². The number of ether oxygens (including phenoxy) is 2. The van der Waals surface area contributed by atoms with Crippen LogP contribution in [0, 0.1) is 28.6 Å². The summed E-state index contributed by atoms with van der Waals surface area (Å²) in [6, 6.07) is 0. The van der Waals surface area contributed by atoms with Gasteiger partial charge < -0.3 is 9.47 Å². The molecule has 3 saturated carbocycles. The molecule has 0 aliphatic heterocycles. The molecule has 0 radical (unpaired) electrons. The molecule has 0 N–H and O–H groups in total. The lowest BCUT2D eigenvalue weighted by Crippen LogP contribution is -2.62. The summed E-state index contributed by atoms with van der Waals surface area (Å²) in [6.45, 7) is 7.57. The quantitative estimate of drug-likeness (QED) is 0.380. The summed E-state index contributed by atoms with van der Waals surface area (Å²) < 4.78 is 11.8. The highest BCUT2D eigenvalue weighted by molar-refractivity contribution is 5.69. The van der Waals surface area contributed by atoms with Crippen molar-refractivity contribution in [2.45, 2.75) is 91.3 Å². The summed E-state index contributed by atoms with van der Waals surface area (Å²) in [4.78, 5) is 24.2. The third-order valence-electron chi connectivity index (χ3n) is 8.62. The molecule has 4 heteroatoms. The van der Waals surface area contributed by atoms with Crippen LogP contribution in [0.25, 0.3) is 0 Å². The summed E-state index contributed by atoms with van der Waals surface area (Å²) in [6.07, 6.45) is 12.4. The van der Waals surface area contributed by atoms with Gasteiger partial charge in [0.25, 0.3) is 5.79 Å². The molecule has 3 fully saturated rings. The van der Waals surface area contributed by atoms with E-state index in [1.54, 1.807) is 0 Å². The topological polar surface area (TPSA) is 52.6 Å². The minimum Gasteiger partial charge on any atom is -0.422 e. The third-order valence-corrected chi connectivity index (χ3v) is 8.62. The molecule has 4 nitrogen and oxygen atoms in total. The molecule has 0 saturated heterocycles. The predicted molar refractivity (Wildman–Crippen MR) is 103 cm³/mol. The zero-order valence-corrected chi connectivity index (χ0v) is 17.3. The Hall–Kier alpha value is -1.32. The Morgan fingerprint density at radius 2 is 1.67 bits per heavy atom. The van der Waals surface area contributed by atoms with Crippen molar-refractivity contribution in [1.82, 2.24) is 0 Å². The summed E-state index contributed by atoms with van der Waals surface area (Å²) in [7, 11) is 0. The second kappa shape index (κ2) is 6.35. The molecule has 0 aromatic heterocycles. The smallest absolute Gasteiger partial charge is 0.305 e. The van der Waals surface area contributed by atoms with E-state index in [0.29, 0.717) is 23.7 Å². The van der Waals surface area contributed by atoms with Crippen LogP contribution in [-0.4, -0.2) is 17.7 Å². The van der Waals surface area contributed by atoms with Crippen LogP contribution in [-0.2, 0) is 19.1 Å². The van der Waals surface area contributed by atoms with Gasteiger partial charge in [-0.05, 0) is 75.0 Å². The van der Waals surface area contributed by atoms with E-state index in [-0.39, 0.29) is 11.9 Å². The number of carbonyl (C=O) groups excluding carboxylic acids is 2. The van der Waals surface area contributed by atoms with Crippen LogP contribution in [0.15, 0.2) is 11.6 Å². The summed E-state index contributed by atoms with van der Waals surface area (Å²) in [5, 5.41) is 0. The minimum atomic E-state index is -1.15. The third kappa shape index (κ3) is 2.69. The standard InChI is InChI=1S/C23H34O4/c1-15(24)26-23(27-16(2)25)13-5-7-17-9-10-18-19-8-6-12-21(19,3)14-11-20(18)22(17,23)4/h9,18-20H,5-8,10-14H2,1-4H3/t18-,19-,20-,21-,22-/m0/s1. The van der Waals surface area contributed by atoms with Gasteiger partial charge in [0.05, 0.1) is 5.41 Å². The lowest BCUT2D eigenvalue weighted by atomic mass is 9.46. The zero-order valence-electron chi connectivity index (χ0n) is 17.3. The van der Waals surface area contributed by atoms with Gasteiger partial charge in [0.1, 0.15) is 0 Å². The van der Waals surface area contributed by atoms with Crippen LogP contribution in [0.1, 0.15) is 85.5 Å². The highest BCUT2D eigenvalue weighted by atomic mass is 16.7. The van der Waals surface area contributed by atoms with Crippen LogP contribution in [0.3, 0.4) is 0 Å². The predicted octanol–water partition coefficient (Wildman–Crippen LogP) is 5.16. The molecule has 4 aliphatic rings. The van der Waals surface area contributed by atoms with Crippen LogP contribution < -0.4 is 0 Å². The first-order valence-electron chi connectivity index (χ1n) is 10.8. The second-order valence-electron chi connectivity index (χ2n) is 9.92. The Kier molecular flexibility index (Phi) is 4.47. The molecular weight excluding hydrogens is 340 g/mol. The fourth-order valence-corrected chi connectivity index (χ4v) is 7.51. The molecule has 0 bridgehead atoms. The Morgan fingerprint density at radius 1 is 0.963 bits per heavy atom. The maximum absolute atomic E-state index is 12.1. The first-order valence-corrected chi connectivity index (χ1v) is 10.8. The number of esters is 2. The first-order chi connectivity index (χ1) is 12.7. The fraction of sp³-hybridized carbons (Fsp3) is 0.826. The maximum atomic E-state index is 12.1. The Labute approximate surface area is 163 Å². The van der Waals surface area contributed by atoms with Gasteiger partial charge in [-0.2, -0.15) is 0 Å². The van der Waals surface area contributed by atoms with Crippen LogP contribution >= 0.6 is 0 Å². The molecule has 4 rings (SSSR count). The molecule has 27 heavy (non-hydrogen) atoms. The van der Waals surface area contributed by atoms with Gasteiger partial charge in [-0.25, -0.2) is 0 Å². The Bertz CT molecular complexity index is 664. The number of rotatable bonds is 2. The van der Waals surface area contributed by atoms with Gasteiger partial charge in [0, 0.05) is 20.3 Å². The molecule has 0 unspecified atom stereocenters. The molecule has 0 amide bonds. The van der Waals surface area contributed by atoms with Crippen molar-refractivity contribution in [2.75, 3.05) is 0 Å². The van der Waals surface area contributed by atoms with E-state index in [4.69, 9.17) is 9.47 Å². The summed E-state index contributed by atoms with van der Waals surface area (Å²) in [5.41, 5.74) is 1.40. The van der Waals surface area contributed by atoms with Gasteiger partial charge in [-0.1, -0.05) is 25.0 Å². The molecule has 0 aromatic rings. The lowest BCUT2D eigenvalue weighted by Gasteiger charge is -2.61. The largest absolute Gasteiger partial charge is 0.422 e. The normalized spacial score (nSPS) is 42.2. The number of carbonyl (C=O) groups is 2. The molecule has 0 heterocycles. The van der Waals surface area contributed by atoms with E-state index in [1.807, 2.05) is 0 Å². The van der Waals surface area contributed by atoms with Crippen molar-refractivity contribution in [1.29, 1.82) is 0 Å². The van der Waals surface area contributed by atoms with E-state index in [2.05, 4.69) is 19.9 Å². The Morgan fingerprint density at radius 3 is 2.33 bits per heavy atom. The first kappa shape index (κ1) is 19.0. The van der Waals surface area contributed by atoms with Crippen molar-refractivity contribution in [2.24, 2.45) is 28.6 Å². The van der Waals surface area contributed by atoms with Crippen LogP contribution in [0.4, 0.5) is 0 Å². The van der Waals surface area contributed by atoms with Crippen molar-refractivity contribution in [3.05, 3.63) is 11.6 Å². The van der Waals surface area contributed by atoms with E-state index in [0.717, 1.165) is 31.6 Å². The maximum Gasteiger partial charge on any atom is 0.305 e. The van der Waals surface area contributed by atoms with Gasteiger partial charge in [0.15, 0.2) is 0 Å². The summed E-state index contributed by atoms with van der Waals surface area (Å²) in [5.74, 6) is -0.120. The SMILES string of the molecule is CC(=O)OC1(OC(C)=O)CCCC2=CC[C@H]3[C@@H]4CCC[C@@]4(C)CC[C@@H]3[C@]21C. The fourth-order valence-electron chi connectivity index (χ4n) is 7.51. The minimum absolute atomic E-state index is 0.359.